The summed E-state index contributed by atoms with van der Waals surface area (Å²) in [4.78, 5) is 3.21. The maximum Gasteiger partial charge on any atom is 0.178 e. The average Bonchev–Trinajstić information content (AvgIpc) is 2.65. The molecule has 98 valence electrons. The van der Waals surface area contributed by atoms with Crippen LogP contribution in [0.25, 0.3) is 11.0 Å². The topological polar surface area (TPSA) is 39.2 Å². The monoisotopic (exact) mass is 266 g/mol. The molecule has 1 aromatic heterocycles. The molecule has 0 saturated carbocycles. The second-order valence-corrected chi connectivity index (χ2v) is 4.76. The van der Waals surface area contributed by atoms with Gasteiger partial charge in [0.2, 0.25) is 0 Å². The summed E-state index contributed by atoms with van der Waals surface area (Å²) in [7, 11) is 3.36. The van der Waals surface area contributed by atoms with E-state index in [0.717, 1.165) is 11.0 Å². The van der Waals surface area contributed by atoms with E-state index >= 15 is 0 Å². The maximum atomic E-state index is 5.39. The molecule has 1 heterocycles. The number of ether oxygens (including phenoxy) is 2. The predicted octanol–water partition coefficient (Wildman–Crippen LogP) is 2.67. The highest BCUT2D eigenvalue weighted by Crippen LogP contribution is 2.16. The normalized spacial score (nSPS) is 13.1. The average molecular weight is 266 g/mol. The van der Waals surface area contributed by atoms with Crippen molar-refractivity contribution < 1.29 is 9.47 Å². The summed E-state index contributed by atoms with van der Waals surface area (Å²) < 4.78 is 13.3. The summed E-state index contributed by atoms with van der Waals surface area (Å²) in [5.41, 5.74) is 3.38. The zero-order valence-corrected chi connectivity index (χ0v) is 11.7. The molecule has 1 N–H and O–H groups in total. The lowest BCUT2D eigenvalue weighted by Crippen LogP contribution is -2.23. The number of nitrogens with one attached hydrogen (secondary N) is 1. The number of aryl methyl sites for hydroxylation is 1. The zero-order valence-electron chi connectivity index (χ0n) is 10.9. The number of methoxy groups -OCH3 is 2. The Morgan fingerprint density at radius 3 is 2.83 bits per heavy atom. The number of hydrogen-bond acceptors (Lipinski definition) is 3. The van der Waals surface area contributed by atoms with Crippen LogP contribution in [0.5, 0.6) is 0 Å². The van der Waals surface area contributed by atoms with E-state index in [2.05, 4.69) is 34.7 Å². The van der Waals surface area contributed by atoms with E-state index in [1.807, 2.05) is 0 Å². The van der Waals surface area contributed by atoms with E-state index in [-0.39, 0.29) is 6.10 Å². The van der Waals surface area contributed by atoms with Crippen LogP contribution in [0.4, 0.5) is 0 Å². The lowest BCUT2D eigenvalue weighted by atomic mass is 10.2. The van der Waals surface area contributed by atoms with Gasteiger partial charge in [-0.15, -0.1) is 0 Å². The first-order valence-electron chi connectivity index (χ1n) is 5.86. The van der Waals surface area contributed by atoms with Gasteiger partial charge in [-0.2, -0.15) is 0 Å². The molecule has 0 aliphatic heterocycles. The van der Waals surface area contributed by atoms with E-state index in [1.165, 1.54) is 5.56 Å². The van der Waals surface area contributed by atoms with Gasteiger partial charge in [0.05, 0.1) is 30.3 Å². The largest absolute Gasteiger partial charge is 0.382 e. The Labute approximate surface area is 112 Å². The van der Waals surface area contributed by atoms with E-state index in [1.54, 1.807) is 14.2 Å². The van der Waals surface area contributed by atoms with Crippen LogP contribution in [-0.4, -0.2) is 36.5 Å². The van der Waals surface area contributed by atoms with Gasteiger partial charge in [-0.1, -0.05) is 6.07 Å². The van der Waals surface area contributed by atoms with Crippen molar-refractivity contribution in [1.29, 1.82) is 0 Å². The van der Waals surface area contributed by atoms with Crippen molar-refractivity contribution in [3.63, 3.8) is 0 Å². The summed E-state index contributed by atoms with van der Waals surface area (Å²) in [6, 6.07) is 6.25. The lowest BCUT2D eigenvalue weighted by Gasteiger charge is -2.15. The summed E-state index contributed by atoms with van der Waals surface area (Å²) in [5, 5.41) is 0. The van der Waals surface area contributed by atoms with Crippen molar-refractivity contribution in [2.75, 3.05) is 20.8 Å². The second-order valence-electron chi connectivity index (χ2n) is 4.37. The van der Waals surface area contributed by atoms with Gasteiger partial charge in [-0.05, 0) is 36.8 Å². The standard InChI is InChI=1S/C13H18N2O2S/c1-9-4-5-11-12(6-9)15(13(18)14-11)7-10(17-3)8-16-2/h4-6,10H,7-8H2,1-3H3,(H,14,18). The first kappa shape index (κ1) is 13.3. The van der Waals surface area contributed by atoms with Gasteiger partial charge in [0.1, 0.15) is 0 Å². The van der Waals surface area contributed by atoms with Crippen molar-refractivity contribution in [3.05, 3.63) is 28.5 Å². The second kappa shape index (κ2) is 5.65. The first-order valence-corrected chi connectivity index (χ1v) is 6.27. The fourth-order valence-electron chi connectivity index (χ4n) is 2.03. The van der Waals surface area contributed by atoms with Crippen LogP contribution < -0.4 is 0 Å². The highest BCUT2D eigenvalue weighted by Gasteiger charge is 2.11. The fraction of sp³-hybridized carbons (Fsp3) is 0.462. The number of fused-ring (bicyclic) bond motifs is 1. The van der Waals surface area contributed by atoms with Crippen LogP contribution in [0.1, 0.15) is 5.56 Å². The minimum atomic E-state index is 0.00112. The molecule has 2 aromatic rings. The van der Waals surface area contributed by atoms with Crippen molar-refractivity contribution in [3.8, 4) is 0 Å². The van der Waals surface area contributed by atoms with Crippen molar-refractivity contribution >= 4 is 23.3 Å². The van der Waals surface area contributed by atoms with Gasteiger partial charge in [0.15, 0.2) is 4.77 Å². The number of aromatic amines is 1. The Morgan fingerprint density at radius 2 is 2.17 bits per heavy atom. The minimum absolute atomic E-state index is 0.00112. The number of imidazole rings is 1. The van der Waals surface area contributed by atoms with Crippen molar-refractivity contribution in [2.45, 2.75) is 19.6 Å². The molecule has 0 amide bonds. The molecule has 0 saturated heterocycles. The number of nitrogens with zero attached hydrogens (tertiary/aromatic N) is 1. The Kier molecular flexibility index (Phi) is 4.16. The van der Waals surface area contributed by atoms with Crippen LogP contribution in [0.3, 0.4) is 0 Å². The molecule has 4 nitrogen and oxygen atoms in total. The molecular weight excluding hydrogens is 248 g/mol. The van der Waals surface area contributed by atoms with Gasteiger partial charge >= 0.3 is 0 Å². The summed E-state index contributed by atoms with van der Waals surface area (Å²) >= 11 is 5.36. The minimum Gasteiger partial charge on any atom is -0.382 e. The molecule has 2 rings (SSSR count). The Balaban J connectivity index is 2.40. The number of rotatable bonds is 5. The molecule has 5 heteroatoms. The molecule has 1 atom stereocenters. The van der Waals surface area contributed by atoms with Gasteiger partial charge < -0.3 is 19.0 Å². The Morgan fingerprint density at radius 1 is 1.39 bits per heavy atom. The summed E-state index contributed by atoms with van der Waals surface area (Å²) in [6.45, 7) is 3.31. The fourth-order valence-corrected chi connectivity index (χ4v) is 2.31. The third-order valence-corrected chi connectivity index (χ3v) is 3.33. The summed E-state index contributed by atoms with van der Waals surface area (Å²) in [6.07, 6.45) is 0.00112. The highest BCUT2D eigenvalue weighted by atomic mass is 32.1. The van der Waals surface area contributed by atoms with Gasteiger partial charge in [0, 0.05) is 14.2 Å². The molecule has 1 aromatic carbocycles. The van der Waals surface area contributed by atoms with E-state index in [0.29, 0.717) is 17.9 Å². The Bertz CT molecular complexity index is 588. The maximum absolute atomic E-state index is 5.39. The van der Waals surface area contributed by atoms with Crippen molar-refractivity contribution in [1.82, 2.24) is 9.55 Å². The SMILES string of the molecule is COCC(Cn1c(=S)[nH]c2ccc(C)cc21)OC. The van der Waals surface area contributed by atoms with Gasteiger partial charge in [-0.25, -0.2) is 0 Å². The van der Waals surface area contributed by atoms with Gasteiger partial charge in [0.25, 0.3) is 0 Å². The summed E-state index contributed by atoms with van der Waals surface area (Å²) in [5.74, 6) is 0. The van der Waals surface area contributed by atoms with E-state index < -0.39 is 0 Å². The molecule has 18 heavy (non-hydrogen) atoms. The molecule has 0 aliphatic rings. The molecule has 0 spiro atoms. The Hall–Kier alpha value is -1.17. The smallest absolute Gasteiger partial charge is 0.178 e. The predicted molar refractivity (Wildman–Crippen MR) is 74.5 cm³/mol. The highest BCUT2D eigenvalue weighted by molar-refractivity contribution is 7.71. The van der Waals surface area contributed by atoms with E-state index in [9.17, 15) is 0 Å². The number of hydrogen-bond donors (Lipinski definition) is 1. The first-order chi connectivity index (χ1) is 8.65. The zero-order chi connectivity index (χ0) is 13.1. The molecule has 0 radical (unpaired) electrons. The van der Waals surface area contributed by atoms with Crippen LogP contribution >= 0.6 is 12.2 Å². The van der Waals surface area contributed by atoms with Crippen LogP contribution in [0.2, 0.25) is 0 Å². The molecule has 0 bridgehead atoms. The third-order valence-electron chi connectivity index (χ3n) is 3.00. The molecule has 1 unspecified atom stereocenters. The third kappa shape index (κ3) is 2.63. The molecule has 0 aliphatic carbocycles. The van der Waals surface area contributed by atoms with Crippen molar-refractivity contribution in [2.24, 2.45) is 0 Å². The number of H-pyrrole nitrogens is 1. The van der Waals surface area contributed by atoms with E-state index in [4.69, 9.17) is 21.7 Å². The molecule has 0 fully saturated rings. The lowest BCUT2D eigenvalue weighted by molar-refractivity contribution is 0.0188. The van der Waals surface area contributed by atoms with Crippen LogP contribution in [-0.2, 0) is 16.0 Å². The van der Waals surface area contributed by atoms with Gasteiger partial charge in [-0.3, -0.25) is 0 Å². The number of aromatic nitrogens is 2. The van der Waals surface area contributed by atoms with Crippen LogP contribution in [0, 0.1) is 11.7 Å². The molecular formula is C13H18N2O2S. The van der Waals surface area contributed by atoms with Crippen LogP contribution in [0.15, 0.2) is 18.2 Å². The number of benzene rings is 1. The quantitative estimate of drug-likeness (QED) is 0.846.